The van der Waals surface area contributed by atoms with Crippen molar-refractivity contribution in [3.8, 4) is 11.8 Å². The van der Waals surface area contributed by atoms with Gasteiger partial charge in [0.1, 0.15) is 11.8 Å². The van der Waals surface area contributed by atoms with Gasteiger partial charge in [-0.2, -0.15) is 5.26 Å². The zero-order valence-electron chi connectivity index (χ0n) is 20.7. The Hall–Kier alpha value is -3.41. The van der Waals surface area contributed by atoms with E-state index in [0.29, 0.717) is 21.3 Å². The van der Waals surface area contributed by atoms with E-state index in [1.54, 1.807) is 32.2 Å². The number of carbonyl (C=O) groups is 2. The summed E-state index contributed by atoms with van der Waals surface area (Å²) in [6.07, 6.45) is 3.77. The molecule has 38 heavy (non-hydrogen) atoms. The number of esters is 1. The van der Waals surface area contributed by atoms with Gasteiger partial charge in [0.05, 0.1) is 30.3 Å². The molecule has 5 rings (SSSR count). The summed E-state index contributed by atoms with van der Waals surface area (Å²) in [4.78, 5) is 30.2. The lowest BCUT2D eigenvalue weighted by molar-refractivity contribution is -0.152. The molecule has 2 heterocycles. The molecule has 0 N–H and O–H groups in total. The molecule has 192 valence electrons. The maximum absolute atomic E-state index is 14.5. The van der Waals surface area contributed by atoms with Crippen LogP contribution >= 0.6 is 31.9 Å². The summed E-state index contributed by atoms with van der Waals surface area (Å²) in [6.45, 7) is 1.83. The average Bonchev–Trinajstić information content (AvgIpc) is 3.25. The number of fused-ring (bicyclic) bond motifs is 3. The molecule has 0 spiro atoms. The molecule has 0 aliphatic carbocycles. The first kappa shape index (κ1) is 26.2. The third kappa shape index (κ3) is 4.05. The summed E-state index contributed by atoms with van der Waals surface area (Å²) in [5, 5.41) is 10.8. The molecule has 3 aromatic rings. The smallest absolute Gasteiger partial charge is 0.329 e. The summed E-state index contributed by atoms with van der Waals surface area (Å²) in [6, 6.07) is 21.1. The maximum atomic E-state index is 14.5. The van der Waals surface area contributed by atoms with Crippen molar-refractivity contribution < 1.29 is 19.1 Å². The van der Waals surface area contributed by atoms with Crippen LogP contribution in [0.2, 0.25) is 0 Å². The van der Waals surface area contributed by atoms with Gasteiger partial charge in [0.25, 0.3) is 0 Å². The highest BCUT2D eigenvalue weighted by molar-refractivity contribution is 9.10. The molecule has 0 radical (unpaired) electrons. The van der Waals surface area contributed by atoms with E-state index in [-0.39, 0.29) is 12.4 Å². The molecule has 1 fully saturated rings. The van der Waals surface area contributed by atoms with E-state index >= 15 is 0 Å². The minimum Gasteiger partial charge on any atom is -0.496 e. The molecule has 0 saturated carbocycles. The average molecular weight is 636 g/mol. The number of ketones is 1. The normalized spacial score (nSPS) is 23.2. The van der Waals surface area contributed by atoms with Crippen LogP contribution in [0.4, 0.5) is 5.69 Å². The number of nitriles is 1. The van der Waals surface area contributed by atoms with Crippen LogP contribution in [0.1, 0.15) is 34.3 Å². The second-order valence-electron chi connectivity index (χ2n) is 9.16. The van der Waals surface area contributed by atoms with Crippen molar-refractivity contribution in [1.82, 2.24) is 0 Å². The largest absolute Gasteiger partial charge is 0.496 e. The first-order chi connectivity index (χ1) is 18.4. The Kier molecular flexibility index (Phi) is 7.17. The van der Waals surface area contributed by atoms with E-state index in [1.807, 2.05) is 65.6 Å². The molecule has 0 bridgehead atoms. The molecule has 3 aromatic carbocycles. The topological polar surface area (TPSA) is 79.6 Å². The number of carbonyl (C=O) groups excluding carboxylic acids is 2. The number of nitrogens with zero attached hydrogens (tertiary/aromatic N) is 2. The third-order valence-corrected chi connectivity index (χ3v) is 8.43. The highest BCUT2D eigenvalue weighted by Crippen LogP contribution is 2.56. The van der Waals surface area contributed by atoms with Crippen LogP contribution in [0.3, 0.4) is 0 Å². The molecular formula is C30H24Br2N2O4. The first-order valence-corrected chi connectivity index (χ1v) is 13.7. The zero-order chi connectivity index (χ0) is 27.0. The summed E-state index contributed by atoms with van der Waals surface area (Å²) >= 11 is 6.97. The van der Waals surface area contributed by atoms with Crippen molar-refractivity contribution in [2.24, 2.45) is 5.41 Å². The van der Waals surface area contributed by atoms with Gasteiger partial charge in [-0.1, -0.05) is 58.4 Å². The fraction of sp³-hybridized carbons (Fsp3) is 0.233. The molecule has 1 saturated heterocycles. The predicted molar refractivity (Wildman–Crippen MR) is 152 cm³/mol. The van der Waals surface area contributed by atoms with Gasteiger partial charge in [0.15, 0.2) is 11.2 Å². The standard InChI is InChI=1S/C30H24Br2N2O4/c1-3-38-29(36)30(17-33)25-15-11-18-6-4-5-7-23(18)34(25)27(26(30)19-8-12-21(31)13-9-19)28(35)20-10-14-24(37-2)22(32)16-20/h4-16,25-27H,3H2,1-2H3. The van der Waals surface area contributed by atoms with Crippen LogP contribution in [0.25, 0.3) is 6.08 Å². The van der Waals surface area contributed by atoms with Crippen LogP contribution in [0.15, 0.2) is 81.8 Å². The number of methoxy groups -OCH3 is 1. The first-order valence-electron chi connectivity index (χ1n) is 12.1. The van der Waals surface area contributed by atoms with E-state index in [4.69, 9.17) is 9.47 Å². The number of rotatable bonds is 6. The van der Waals surface area contributed by atoms with Gasteiger partial charge in [-0.25, -0.2) is 0 Å². The van der Waals surface area contributed by atoms with E-state index in [9.17, 15) is 14.9 Å². The van der Waals surface area contributed by atoms with Crippen LogP contribution in [0.5, 0.6) is 5.75 Å². The fourth-order valence-corrected chi connectivity index (χ4v) is 6.46. The molecule has 2 aliphatic rings. The molecule has 0 amide bonds. The number of ether oxygens (including phenoxy) is 2. The molecule has 6 nitrogen and oxygen atoms in total. The van der Waals surface area contributed by atoms with Gasteiger partial charge in [0, 0.05) is 21.6 Å². The zero-order valence-corrected chi connectivity index (χ0v) is 23.9. The molecular weight excluding hydrogens is 612 g/mol. The highest BCUT2D eigenvalue weighted by atomic mass is 79.9. The molecule has 0 aromatic heterocycles. The van der Waals surface area contributed by atoms with Gasteiger partial charge < -0.3 is 14.4 Å². The molecule has 4 unspecified atom stereocenters. The van der Waals surface area contributed by atoms with E-state index < -0.39 is 29.4 Å². The van der Waals surface area contributed by atoms with Crippen molar-refractivity contribution in [1.29, 1.82) is 5.26 Å². The van der Waals surface area contributed by atoms with Crippen LogP contribution in [0, 0.1) is 16.7 Å². The second-order valence-corrected chi connectivity index (χ2v) is 10.9. The fourth-order valence-electron chi connectivity index (χ4n) is 5.65. The number of para-hydroxylation sites is 1. The van der Waals surface area contributed by atoms with Crippen molar-refractivity contribution in [2.75, 3.05) is 18.6 Å². The van der Waals surface area contributed by atoms with E-state index in [0.717, 1.165) is 15.7 Å². The molecule has 2 aliphatic heterocycles. The number of benzene rings is 3. The van der Waals surface area contributed by atoms with E-state index in [1.165, 1.54) is 0 Å². The second kappa shape index (κ2) is 10.4. The monoisotopic (exact) mass is 634 g/mol. The van der Waals surface area contributed by atoms with Crippen molar-refractivity contribution in [3.63, 3.8) is 0 Å². The summed E-state index contributed by atoms with van der Waals surface area (Å²) in [5.74, 6) is -1.06. The van der Waals surface area contributed by atoms with Gasteiger partial charge in [0.2, 0.25) is 0 Å². The third-order valence-electron chi connectivity index (χ3n) is 7.28. The number of halogens is 2. The van der Waals surface area contributed by atoms with Crippen molar-refractivity contribution in [2.45, 2.75) is 24.9 Å². The van der Waals surface area contributed by atoms with Crippen LogP contribution in [-0.4, -0.2) is 37.6 Å². The lowest BCUT2D eigenvalue weighted by atomic mass is 9.68. The highest BCUT2D eigenvalue weighted by Gasteiger charge is 2.67. The van der Waals surface area contributed by atoms with Gasteiger partial charge in [-0.3, -0.25) is 9.59 Å². The van der Waals surface area contributed by atoms with Gasteiger partial charge in [-0.15, -0.1) is 0 Å². The quantitative estimate of drug-likeness (QED) is 0.226. The lowest BCUT2D eigenvalue weighted by Gasteiger charge is -2.36. The molecule has 8 heteroatoms. The number of hydrogen-bond donors (Lipinski definition) is 0. The SMILES string of the molecule is CCOC(=O)C1(C#N)C(c2ccc(Br)cc2)C(C(=O)c2ccc(OC)c(Br)c2)N2c3ccccc3C=CC21. The lowest BCUT2D eigenvalue weighted by Crippen LogP contribution is -2.47. The number of hydrogen-bond acceptors (Lipinski definition) is 6. The maximum Gasteiger partial charge on any atom is 0.329 e. The van der Waals surface area contributed by atoms with Gasteiger partial charge in [-0.05, 0) is 70.4 Å². The summed E-state index contributed by atoms with van der Waals surface area (Å²) < 4.78 is 12.4. The van der Waals surface area contributed by atoms with E-state index in [2.05, 4.69) is 37.9 Å². The number of anilines is 1. The Bertz CT molecular complexity index is 1480. The Morgan fingerprint density at radius 3 is 2.47 bits per heavy atom. The van der Waals surface area contributed by atoms with Crippen LogP contribution < -0.4 is 9.64 Å². The minimum absolute atomic E-state index is 0.117. The van der Waals surface area contributed by atoms with Crippen molar-refractivity contribution >= 4 is 55.4 Å². The van der Waals surface area contributed by atoms with Crippen molar-refractivity contribution in [3.05, 3.63) is 98.4 Å². The van der Waals surface area contributed by atoms with Gasteiger partial charge >= 0.3 is 5.97 Å². The Balaban J connectivity index is 1.79. The van der Waals surface area contributed by atoms with Crippen LogP contribution in [-0.2, 0) is 9.53 Å². The summed E-state index contributed by atoms with van der Waals surface area (Å²) in [7, 11) is 1.56. The molecule has 4 atom stereocenters. The Morgan fingerprint density at radius 1 is 1.08 bits per heavy atom. The number of Topliss-reactive ketones (excluding diaryl/α,β-unsaturated/α-hetero) is 1. The predicted octanol–water partition coefficient (Wildman–Crippen LogP) is 6.54. The Labute approximate surface area is 238 Å². The summed E-state index contributed by atoms with van der Waals surface area (Å²) in [5.41, 5.74) is 1.17. The Morgan fingerprint density at radius 2 is 1.82 bits per heavy atom. The minimum atomic E-state index is -1.67.